The highest BCUT2D eigenvalue weighted by molar-refractivity contribution is 5.40. The Bertz CT molecular complexity index is 595. The number of hydrogen-bond acceptors (Lipinski definition) is 2. The molecule has 1 aliphatic rings. The molecule has 98 valence electrons. The van der Waals surface area contributed by atoms with Crippen molar-refractivity contribution in [2.24, 2.45) is 0 Å². The van der Waals surface area contributed by atoms with Crippen LogP contribution in [0.4, 0.5) is 4.39 Å². The first-order valence-electron chi connectivity index (χ1n) is 6.35. The van der Waals surface area contributed by atoms with Gasteiger partial charge in [0.05, 0.1) is 19.1 Å². The van der Waals surface area contributed by atoms with Gasteiger partial charge in [-0.1, -0.05) is 24.3 Å². The van der Waals surface area contributed by atoms with Gasteiger partial charge in [-0.05, 0) is 24.6 Å². The maximum atomic E-state index is 13.2. The van der Waals surface area contributed by atoms with E-state index in [0.29, 0.717) is 19.0 Å². The van der Waals surface area contributed by atoms with Crippen LogP contribution < -0.4 is 9.47 Å². The van der Waals surface area contributed by atoms with E-state index in [2.05, 4.69) is 6.07 Å². The molecule has 0 aromatic heterocycles. The van der Waals surface area contributed by atoms with Crippen molar-refractivity contribution < 1.29 is 13.9 Å². The number of hydrogen-bond donors (Lipinski definition) is 0. The lowest BCUT2D eigenvalue weighted by molar-refractivity contribution is 0.246. The van der Waals surface area contributed by atoms with Crippen molar-refractivity contribution in [1.82, 2.24) is 0 Å². The van der Waals surface area contributed by atoms with Crippen LogP contribution in [0.15, 0.2) is 42.5 Å². The fourth-order valence-electron chi connectivity index (χ4n) is 2.29. The van der Waals surface area contributed by atoms with E-state index < -0.39 is 0 Å². The summed E-state index contributed by atoms with van der Waals surface area (Å²) in [4.78, 5) is 0. The summed E-state index contributed by atoms with van der Waals surface area (Å²) in [5.41, 5.74) is 2.10. The predicted octanol–water partition coefficient (Wildman–Crippen LogP) is 3.69. The molecule has 19 heavy (non-hydrogen) atoms. The third kappa shape index (κ3) is 2.41. The molecule has 0 bridgehead atoms. The van der Waals surface area contributed by atoms with E-state index in [1.165, 1.54) is 12.1 Å². The molecule has 0 fully saturated rings. The monoisotopic (exact) mass is 258 g/mol. The van der Waals surface area contributed by atoms with Crippen molar-refractivity contribution >= 4 is 0 Å². The summed E-state index contributed by atoms with van der Waals surface area (Å²) in [5.74, 6) is 1.46. The van der Waals surface area contributed by atoms with Crippen molar-refractivity contribution in [3.63, 3.8) is 0 Å². The summed E-state index contributed by atoms with van der Waals surface area (Å²) < 4.78 is 24.5. The van der Waals surface area contributed by atoms with Gasteiger partial charge in [-0.2, -0.15) is 0 Å². The lowest BCUT2D eigenvalue weighted by Gasteiger charge is -2.13. The summed E-state index contributed by atoms with van der Waals surface area (Å²) in [6.45, 7) is 3.03. The molecule has 2 aromatic rings. The van der Waals surface area contributed by atoms with E-state index in [0.717, 1.165) is 16.9 Å². The first-order chi connectivity index (χ1) is 9.24. The lowest BCUT2D eigenvalue weighted by atomic mass is 10.0. The highest BCUT2D eigenvalue weighted by atomic mass is 19.1. The number of ether oxygens (including phenoxy) is 2. The van der Waals surface area contributed by atoms with E-state index >= 15 is 0 Å². The first kappa shape index (κ1) is 12.0. The Morgan fingerprint density at radius 2 is 2.11 bits per heavy atom. The van der Waals surface area contributed by atoms with E-state index in [4.69, 9.17) is 9.47 Å². The zero-order valence-corrected chi connectivity index (χ0v) is 10.7. The van der Waals surface area contributed by atoms with E-state index in [1.807, 2.05) is 25.1 Å². The maximum Gasteiger partial charge on any atom is 0.126 e. The van der Waals surface area contributed by atoms with Crippen LogP contribution in [0.1, 0.15) is 17.0 Å². The lowest BCUT2D eigenvalue weighted by Crippen LogP contribution is -2.12. The third-order valence-electron chi connectivity index (χ3n) is 3.39. The number of halogens is 1. The highest BCUT2D eigenvalue weighted by Gasteiger charge is 2.24. The van der Waals surface area contributed by atoms with E-state index in [9.17, 15) is 4.39 Å². The summed E-state index contributed by atoms with van der Waals surface area (Å²) in [6, 6.07) is 12.6. The number of rotatable bonds is 3. The zero-order valence-electron chi connectivity index (χ0n) is 10.7. The maximum absolute atomic E-state index is 13.2. The van der Waals surface area contributed by atoms with Crippen molar-refractivity contribution in [3.05, 3.63) is 59.4 Å². The number of benzene rings is 2. The Balaban J connectivity index is 1.72. The van der Waals surface area contributed by atoms with Gasteiger partial charge in [0.15, 0.2) is 0 Å². The van der Waals surface area contributed by atoms with Crippen LogP contribution in [0, 0.1) is 12.7 Å². The van der Waals surface area contributed by atoms with Crippen molar-refractivity contribution in [2.75, 3.05) is 13.2 Å². The molecule has 1 atom stereocenters. The van der Waals surface area contributed by atoms with Crippen molar-refractivity contribution in [2.45, 2.75) is 12.8 Å². The number of fused-ring (bicyclic) bond motifs is 1. The SMILES string of the molecule is Cc1ccc(F)cc1OCC1COc2ccccc21. The van der Waals surface area contributed by atoms with Crippen LogP contribution in [0.2, 0.25) is 0 Å². The second-order valence-electron chi connectivity index (χ2n) is 4.77. The normalized spacial score (nSPS) is 16.8. The van der Waals surface area contributed by atoms with Crippen LogP contribution in [-0.4, -0.2) is 13.2 Å². The minimum atomic E-state index is -0.274. The Labute approximate surface area is 111 Å². The van der Waals surface area contributed by atoms with Gasteiger partial charge in [0.2, 0.25) is 0 Å². The molecular formula is C16H15FO2. The van der Waals surface area contributed by atoms with Crippen LogP contribution in [0.5, 0.6) is 11.5 Å². The highest BCUT2D eigenvalue weighted by Crippen LogP contribution is 2.34. The molecule has 0 N–H and O–H groups in total. The van der Waals surface area contributed by atoms with Crippen molar-refractivity contribution in [3.8, 4) is 11.5 Å². The second-order valence-corrected chi connectivity index (χ2v) is 4.77. The van der Waals surface area contributed by atoms with E-state index in [1.54, 1.807) is 6.07 Å². The van der Waals surface area contributed by atoms with Gasteiger partial charge < -0.3 is 9.47 Å². The Morgan fingerprint density at radius 1 is 1.26 bits per heavy atom. The van der Waals surface area contributed by atoms with Gasteiger partial charge in [0.1, 0.15) is 17.3 Å². The molecule has 1 unspecified atom stereocenters. The number of para-hydroxylation sites is 1. The van der Waals surface area contributed by atoms with E-state index in [-0.39, 0.29) is 11.7 Å². The van der Waals surface area contributed by atoms with Crippen molar-refractivity contribution in [1.29, 1.82) is 0 Å². The van der Waals surface area contributed by atoms with Crippen LogP contribution in [0.25, 0.3) is 0 Å². The average Bonchev–Trinajstić information content (AvgIpc) is 2.83. The van der Waals surface area contributed by atoms with Crippen LogP contribution in [-0.2, 0) is 0 Å². The summed E-state index contributed by atoms with van der Waals surface area (Å²) in [5, 5.41) is 0. The molecule has 3 heteroatoms. The first-order valence-corrected chi connectivity index (χ1v) is 6.35. The fourth-order valence-corrected chi connectivity index (χ4v) is 2.29. The molecule has 1 aliphatic heterocycles. The van der Waals surface area contributed by atoms with Gasteiger partial charge in [-0.3, -0.25) is 0 Å². The smallest absolute Gasteiger partial charge is 0.126 e. The van der Waals surface area contributed by atoms with Gasteiger partial charge in [-0.15, -0.1) is 0 Å². The quantitative estimate of drug-likeness (QED) is 0.836. The molecule has 0 amide bonds. The molecule has 0 spiro atoms. The Kier molecular flexibility index (Phi) is 3.11. The largest absolute Gasteiger partial charge is 0.493 e. The summed E-state index contributed by atoms with van der Waals surface area (Å²) in [7, 11) is 0. The zero-order chi connectivity index (χ0) is 13.2. The fraction of sp³-hybridized carbons (Fsp3) is 0.250. The van der Waals surface area contributed by atoms with Crippen LogP contribution >= 0.6 is 0 Å². The summed E-state index contributed by atoms with van der Waals surface area (Å²) in [6.07, 6.45) is 0. The molecule has 0 saturated heterocycles. The van der Waals surface area contributed by atoms with Crippen LogP contribution in [0.3, 0.4) is 0 Å². The standard InChI is InChI=1S/C16H15FO2/c1-11-6-7-13(17)8-16(11)19-10-12-9-18-15-5-3-2-4-14(12)15/h2-8,12H,9-10H2,1H3. The minimum absolute atomic E-state index is 0.207. The molecule has 2 aromatic carbocycles. The predicted molar refractivity (Wildman–Crippen MR) is 71.3 cm³/mol. The molecule has 0 radical (unpaired) electrons. The topological polar surface area (TPSA) is 18.5 Å². The molecule has 1 heterocycles. The second kappa shape index (κ2) is 4.92. The van der Waals surface area contributed by atoms with Gasteiger partial charge in [-0.25, -0.2) is 4.39 Å². The molecule has 3 rings (SSSR count). The van der Waals surface area contributed by atoms with Gasteiger partial charge in [0.25, 0.3) is 0 Å². The summed E-state index contributed by atoms with van der Waals surface area (Å²) >= 11 is 0. The molecule has 2 nitrogen and oxygen atoms in total. The van der Waals surface area contributed by atoms with Gasteiger partial charge >= 0.3 is 0 Å². The third-order valence-corrected chi connectivity index (χ3v) is 3.39. The average molecular weight is 258 g/mol. The molecule has 0 saturated carbocycles. The number of aryl methyl sites for hydroxylation is 1. The minimum Gasteiger partial charge on any atom is -0.493 e. The Hall–Kier alpha value is -2.03. The van der Waals surface area contributed by atoms with Gasteiger partial charge in [0, 0.05) is 11.6 Å². The molecular weight excluding hydrogens is 243 g/mol. The molecule has 0 aliphatic carbocycles. The Morgan fingerprint density at radius 3 is 3.00 bits per heavy atom.